The van der Waals surface area contributed by atoms with Gasteiger partial charge in [-0.1, -0.05) is 0 Å². The van der Waals surface area contributed by atoms with Crippen LogP contribution in [0.5, 0.6) is 0 Å². The minimum absolute atomic E-state index is 0.205. The average molecular weight is 364 g/mol. The average Bonchev–Trinajstić information content (AvgIpc) is 3.10. The summed E-state index contributed by atoms with van der Waals surface area (Å²) in [6.07, 6.45) is 8.85. The summed E-state index contributed by atoms with van der Waals surface area (Å²) in [5.41, 5.74) is 2.67. The molecule has 2 aromatic heterocycles. The fourth-order valence-electron chi connectivity index (χ4n) is 6.62. The van der Waals surface area contributed by atoms with E-state index < -0.39 is 12.7 Å². The van der Waals surface area contributed by atoms with Gasteiger partial charge in [-0.05, 0) is 55.9 Å². The quantitative estimate of drug-likeness (QED) is 0.537. The maximum atomic E-state index is 11.6. The highest BCUT2D eigenvalue weighted by Crippen LogP contribution is 2.59. The number of hydrogen-bond donors (Lipinski definition) is 3. The van der Waals surface area contributed by atoms with Crippen LogP contribution in [0.1, 0.15) is 37.7 Å². The van der Waals surface area contributed by atoms with E-state index in [1.165, 1.54) is 0 Å². The van der Waals surface area contributed by atoms with Gasteiger partial charge in [0.2, 0.25) is 6.41 Å². The Labute approximate surface area is 156 Å². The van der Waals surface area contributed by atoms with Crippen LogP contribution in [0.15, 0.2) is 23.6 Å². The van der Waals surface area contributed by atoms with Gasteiger partial charge in [0.1, 0.15) is 5.65 Å². The van der Waals surface area contributed by atoms with E-state index in [0.29, 0.717) is 29.6 Å². The number of aromatic nitrogens is 2. The third-order valence-corrected chi connectivity index (χ3v) is 7.29. The first-order chi connectivity index (χ1) is 13.1. The topological polar surface area (TPSA) is 102 Å². The van der Waals surface area contributed by atoms with E-state index in [2.05, 4.69) is 15.1 Å². The lowest BCUT2D eigenvalue weighted by Gasteiger charge is -2.58. The molecule has 2 atom stereocenters. The van der Waals surface area contributed by atoms with Crippen LogP contribution in [0, 0.1) is 23.7 Å². The highest BCUT2D eigenvalue weighted by Gasteiger charge is 2.57. The number of fused-ring (bicyclic) bond motifs is 3. The number of aromatic amines is 1. The predicted molar refractivity (Wildman–Crippen MR) is 100 cm³/mol. The first-order valence-electron chi connectivity index (χ1n) is 9.75. The van der Waals surface area contributed by atoms with Gasteiger partial charge in [0.15, 0.2) is 0 Å². The van der Waals surface area contributed by atoms with Crippen molar-refractivity contribution in [3.8, 4) is 0 Å². The van der Waals surface area contributed by atoms with Gasteiger partial charge in [0.05, 0.1) is 11.3 Å². The minimum Gasteiger partial charge on any atom is -0.427 e. The Kier molecular flexibility index (Phi) is 3.05. The van der Waals surface area contributed by atoms with Crippen molar-refractivity contribution in [2.75, 3.05) is 0 Å². The molecule has 7 nitrogen and oxygen atoms in total. The monoisotopic (exact) mass is 364 g/mol. The maximum Gasteiger partial charge on any atom is 0.475 e. The molecule has 3 N–H and O–H groups in total. The fourth-order valence-corrected chi connectivity index (χ4v) is 6.62. The van der Waals surface area contributed by atoms with Crippen molar-refractivity contribution in [1.82, 2.24) is 14.9 Å². The molecule has 1 amide bonds. The normalized spacial score (nSPS) is 36.9. The van der Waals surface area contributed by atoms with Crippen molar-refractivity contribution >= 4 is 35.7 Å². The molecule has 0 saturated heterocycles. The second-order valence-electron chi connectivity index (χ2n) is 8.89. The van der Waals surface area contributed by atoms with Gasteiger partial charge in [-0.2, -0.15) is 5.10 Å². The first-order valence-corrected chi connectivity index (χ1v) is 9.75. The van der Waals surface area contributed by atoms with E-state index in [1.54, 1.807) is 6.20 Å². The van der Waals surface area contributed by atoms with E-state index >= 15 is 0 Å². The van der Waals surface area contributed by atoms with E-state index in [9.17, 15) is 14.9 Å². The van der Waals surface area contributed by atoms with E-state index in [0.717, 1.165) is 59.3 Å². The molecule has 0 aromatic carbocycles. The number of pyridine rings is 1. The Balaban J connectivity index is 1.54. The molecule has 4 saturated carbocycles. The lowest BCUT2D eigenvalue weighted by Crippen LogP contribution is -2.59. The number of aliphatic hydroxyl groups is 1. The van der Waals surface area contributed by atoms with Gasteiger partial charge in [-0.25, -0.2) is 9.90 Å². The summed E-state index contributed by atoms with van der Waals surface area (Å²) in [4.78, 5) is 20.2. The fraction of sp³-hybridized carbons (Fsp3) is 0.526. The van der Waals surface area contributed by atoms with Crippen LogP contribution < -0.4 is 5.46 Å². The van der Waals surface area contributed by atoms with Crippen molar-refractivity contribution in [3.63, 3.8) is 0 Å². The molecule has 138 valence electrons. The van der Waals surface area contributed by atoms with Gasteiger partial charge in [0.25, 0.3) is 0 Å². The molecule has 1 aliphatic heterocycles. The van der Waals surface area contributed by atoms with Crippen molar-refractivity contribution in [1.29, 1.82) is 0 Å². The molecule has 4 fully saturated rings. The maximum absolute atomic E-state index is 11.6. The second kappa shape index (κ2) is 5.20. The summed E-state index contributed by atoms with van der Waals surface area (Å²) in [5.74, 6) is 1.55. The second-order valence-corrected chi connectivity index (χ2v) is 8.89. The summed E-state index contributed by atoms with van der Waals surface area (Å²) in [5, 5.41) is 27.1. The molecule has 5 aliphatic rings. The molecule has 4 bridgehead atoms. The molecular formula is C19H21BN4O3. The Morgan fingerprint density at radius 1 is 1.30 bits per heavy atom. The summed E-state index contributed by atoms with van der Waals surface area (Å²) < 4.78 is 0. The van der Waals surface area contributed by atoms with Crippen LogP contribution in [0.25, 0.3) is 11.0 Å². The number of carbonyl (C=O) groups excluding carboxylic acids is 1. The Morgan fingerprint density at radius 2 is 2.07 bits per heavy atom. The van der Waals surface area contributed by atoms with Crippen LogP contribution in [0.2, 0.25) is 0 Å². The van der Waals surface area contributed by atoms with Gasteiger partial charge in [0, 0.05) is 34.7 Å². The molecule has 3 heterocycles. The van der Waals surface area contributed by atoms with Crippen molar-refractivity contribution in [2.45, 2.75) is 37.7 Å². The summed E-state index contributed by atoms with van der Waals surface area (Å²) >= 11 is 0. The Bertz CT molecular complexity index is 972. The summed E-state index contributed by atoms with van der Waals surface area (Å²) in [6.45, 7) is 0. The molecule has 2 unspecified atom stereocenters. The number of nitrogens with zero attached hydrogens (tertiary/aromatic N) is 3. The van der Waals surface area contributed by atoms with Gasteiger partial charge >= 0.3 is 7.05 Å². The number of nitrogens with one attached hydrogen (secondary N) is 1. The third-order valence-electron chi connectivity index (χ3n) is 7.29. The largest absolute Gasteiger partial charge is 0.475 e. The Morgan fingerprint density at radius 3 is 2.78 bits per heavy atom. The lowest BCUT2D eigenvalue weighted by molar-refractivity contribution is -0.138. The number of hydrazone groups is 1. The Hall–Kier alpha value is -2.19. The highest BCUT2D eigenvalue weighted by molar-refractivity contribution is 6.68. The SMILES string of the molecule is O=CN1N=C(C2C3CC4CC2CC(O)(C4)C3)c2c(cnc3[nH]ccc23)B1O. The predicted octanol–water partition coefficient (Wildman–Crippen LogP) is 0.614. The molecule has 0 radical (unpaired) electrons. The van der Waals surface area contributed by atoms with Crippen LogP contribution in [0.4, 0.5) is 0 Å². The molecule has 27 heavy (non-hydrogen) atoms. The van der Waals surface area contributed by atoms with Crippen LogP contribution in [-0.4, -0.2) is 49.8 Å². The van der Waals surface area contributed by atoms with Crippen LogP contribution >= 0.6 is 0 Å². The van der Waals surface area contributed by atoms with Gasteiger partial charge in [-0.15, -0.1) is 0 Å². The van der Waals surface area contributed by atoms with Crippen LogP contribution in [0.3, 0.4) is 0 Å². The standard InChI is InChI=1S/C19H21BN4O3/c25-9-24-20(27)14-8-22-18-13(1-2-21-18)16(14)17(23-24)15-11-3-10-4-12(15)7-19(26,5-10)6-11/h1-2,8-12,15,26-27H,3-7H2,(H,21,22). The number of H-pyrrole nitrogens is 1. The molecular weight excluding hydrogens is 343 g/mol. The van der Waals surface area contributed by atoms with E-state index in [4.69, 9.17) is 0 Å². The van der Waals surface area contributed by atoms with Gasteiger partial charge in [-0.3, -0.25) is 4.79 Å². The third kappa shape index (κ3) is 2.08. The zero-order valence-corrected chi connectivity index (χ0v) is 14.9. The number of hydrogen-bond acceptors (Lipinski definition) is 5. The minimum atomic E-state index is -1.12. The van der Waals surface area contributed by atoms with Crippen molar-refractivity contribution < 1.29 is 14.9 Å². The number of carbonyl (C=O) groups is 1. The smallest absolute Gasteiger partial charge is 0.427 e. The molecule has 2 aromatic rings. The van der Waals surface area contributed by atoms with Crippen LogP contribution in [-0.2, 0) is 4.79 Å². The van der Waals surface area contributed by atoms with Crippen molar-refractivity contribution in [3.05, 3.63) is 24.0 Å². The zero-order valence-electron chi connectivity index (χ0n) is 14.9. The number of rotatable bonds is 2. The van der Waals surface area contributed by atoms with Crippen molar-refractivity contribution in [2.24, 2.45) is 28.8 Å². The molecule has 7 rings (SSSR count). The zero-order chi connectivity index (χ0) is 18.3. The first kappa shape index (κ1) is 15.8. The van der Waals surface area contributed by atoms with Gasteiger partial charge < -0.3 is 15.1 Å². The summed E-state index contributed by atoms with van der Waals surface area (Å²) in [7, 11) is -1.12. The molecule has 4 aliphatic carbocycles. The van der Waals surface area contributed by atoms with E-state index in [1.807, 2.05) is 12.3 Å². The summed E-state index contributed by atoms with van der Waals surface area (Å²) in [6, 6.07) is 1.96. The lowest BCUT2D eigenvalue weighted by atomic mass is 9.48. The number of amides is 1. The molecule has 8 heteroatoms. The van der Waals surface area contributed by atoms with E-state index in [-0.39, 0.29) is 5.92 Å². The highest BCUT2D eigenvalue weighted by atomic mass is 16.3. The molecule has 0 spiro atoms.